The van der Waals surface area contributed by atoms with Gasteiger partial charge in [-0.25, -0.2) is 0 Å². The van der Waals surface area contributed by atoms with Gasteiger partial charge in [0.1, 0.15) is 12.7 Å². The molecule has 14 heavy (non-hydrogen) atoms. The average molecular weight is 198 g/mol. The summed E-state index contributed by atoms with van der Waals surface area (Å²) in [5.74, 6) is -0.0206. The lowest BCUT2D eigenvalue weighted by molar-refractivity contribution is -0.157. The molecule has 1 heterocycles. The van der Waals surface area contributed by atoms with Crippen LogP contribution in [0.2, 0.25) is 0 Å². The summed E-state index contributed by atoms with van der Waals surface area (Å²) in [5, 5.41) is 0. The topological polar surface area (TPSA) is 38.8 Å². The van der Waals surface area contributed by atoms with Crippen LogP contribution in [0.5, 0.6) is 0 Å². The molecule has 0 N–H and O–H groups in total. The van der Waals surface area contributed by atoms with Crippen molar-refractivity contribution in [1.82, 2.24) is 0 Å². The predicted octanol–water partition coefficient (Wildman–Crippen LogP) is 1.90. The summed E-state index contributed by atoms with van der Waals surface area (Å²) in [6.45, 7) is 3.24. The number of hydrogen-bond acceptors (Lipinski definition) is 3. The van der Waals surface area contributed by atoms with Gasteiger partial charge >= 0.3 is 5.97 Å². The molecule has 0 aromatic heterocycles. The quantitative estimate of drug-likeness (QED) is 0.513. The van der Waals surface area contributed by atoms with Gasteiger partial charge in [-0.1, -0.05) is 19.3 Å². The summed E-state index contributed by atoms with van der Waals surface area (Å²) < 4.78 is 10.2. The monoisotopic (exact) mass is 198 g/mol. The van der Waals surface area contributed by atoms with Crippen molar-refractivity contribution in [3.63, 3.8) is 0 Å². The Morgan fingerprint density at radius 2 is 2.07 bits per heavy atom. The molecule has 1 saturated carbocycles. The molecule has 0 amide bonds. The molecule has 0 aromatic carbocycles. The summed E-state index contributed by atoms with van der Waals surface area (Å²) in [6.07, 6.45) is 5.73. The van der Waals surface area contributed by atoms with E-state index >= 15 is 0 Å². The number of ether oxygens (including phenoxy) is 2. The second-order valence-corrected chi connectivity index (χ2v) is 4.68. The zero-order valence-corrected chi connectivity index (χ0v) is 8.75. The highest BCUT2D eigenvalue weighted by Crippen LogP contribution is 2.36. The van der Waals surface area contributed by atoms with Gasteiger partial charge in [-0.05, 0) is 19.8 Å². The molecule has 2 fully saturated rings. The van der Waals surface area contributed by atoms with Crippen LogP contribution in [0, 0.1) is 5.41 Å². The van der Waals surface area contributed by atoms with Crippen LogP contribution >= 0.6 is 0 Å². The zero-order valence-electron chi connectivity index (χ0n) is 8.75. The summed E-state index contributed by atoms with van der Waals surface area (Å²) in [4.78, 5) is 11.8. The van der Waals surface area contributed by atoms with E-state index in [-0.39, 0.29) is 17.5 Å². The largest absolute Gasteiger partial charge is 0.462 e. The van der Waals surface area contributed by atoms with Gasteiger partial charge in [-0.3, -0.25) is 4.79 Å². The normalized spacial score (nSPS) is 29.6. The fraction of sp³-hybridized carbons (Fsp3) is 0.909. The number of carbonyl (C=O) groups excluding carboxylic acids is 1. The zero-order chi connectivity index (χ0) is 10.0. The molecule has 1 saturated heterocycles. The maximum absolute atomic E-state index is 11.8. The first kappa shape index (κ1) is 9.97. The van der Waals surface area contributed by atoms with Crippen LogP contribution in [-0.4, -0.2) is 25.3 Å². The van der Waals surface area contributed by atoms with E-state index in [2.05, 4.69) is 0 Å². The number of rotatable bonds is 3. The molecule has 3 nitrogen and oxygen atoms in total. The third-order valence-electron chi connectivity index (χ3n) is 3.25. The third kappa shape index (κ3) is 2.27. The van der Waals surface area contributed by atoms with Crippen molar-refractivity contribution >= 4 is 5.97 Å². The van der Waals surface area contributed by atoms with Crippen molar-refractivity contribution < 1.29 is 14.3 Å². The fourth-order valence-corrected chi connectivity index (χ4v) is 2.04. The van der Waals surface area contributed by atoms with Crippen LogP contribution in [0.3, 0.4) is 0 Å². The first-order valence-corrected chi connectivity index (χ1v) is 5.49. The first-order valence-electron chi connectivity index (χ1n) is 5.49. The molecule has 80 valence electrons. The molecule has 2 rings (SSSR count). The molecule has 1 aliphatic heterocycles. The van der Waals surface area contributed by atoms with Gasteiger partial charge in [-0.15, -0.1) is 0 Å². The number of carbonyl (C=O) groups is 1. The van der Waals surface area contributed by atoms with Gasteiger partial charge in [0, 0.05) is 0 Å². The number of hydrogen-bond donors (Lipinski definition) is 0. The highest BCUT2D eigenvalue weighted by atomic mass is 16.6. The van der Waals surface area contributed by atoms with Gasteiger partial charge in [-0.2, -0.15) is 0 Å². The van der Waals surface area contributed by atoms with Crippen molar-refractivity contribution in [2.24, 2.45) is 5.41 Å². The van der Waals surface area contributed by atoms with Crippen LogP contribution in [0.15, 0.2) is 0 Å². The van der Waals surface area contributed by atoms with E-state index in [0.29, 0.717) is 6.61 Å². The van der Waals surface area contributed by atoms with E-state index in [1.54, 1.807) is 0 Å². The standard InChI is InChI=1S/C11H18O3/c1-11(5-3-2-4-6-11)10(12)14-8-9-7-13-9/h9H,2-8H2,1H3. The Morgan fingerprint density at radius 1 is 1.43 bits per heavy atom. The van der Waals surface area contributed by atoms with Gasteiger partial charge in [0.25, 0.3) is 0 Å². The third-order valence-corrected chi connectivity index (χ3v) is 3.25. The van der Waals surface area contributed by atoms with Crippen LogP contribution < -0.4 is 0 Å². The average Bonchev–Trinajstić information content (AvgIpc) is 2.99. The molecule has 3 heteroatoms. The minimum absolute atomic E-state index is 0.0206. The molecule has 1 unspecified atom stereocenters. The maximum atomic E-state index is 11.8. The lowest BCUT2D eigenvalue weighted by Crippen LogP contribution is -2.32. The molecular weight excluding hydrogens is 180 g/mol. The Labute approximate surface area is 84.8 Å². The van der Waals surface area contributed by atoms with Crippen molar-refractivity contribution in [2.45, 2.75) is 45.1 Å². The van der Waals surface area contributed by atoms with Crippen molar-refractivity contribution in [2.75, 3.05) is 13.2 Å². The number of esters is 1. The van der Waals surface area contributed by atoms with E-state index in [1.807, 2.05) is 6.92 Å². The predicted molar refractivity (Wildman–Crippen MR) is 51.9 cm³/mol. The van der Waals surface area contributed by atoms with E-state index in [0.717, 1.165) is 32.3 Å². The second-order valence-electron chi connectivity index (χ2n) is 4.68. The number of epoxide rings is 1. The van der Waals surface area contributed by atoms with Crippen LogP contribution in [0.1, 0.15) is 39.0 Å². The van der Waals surface area contributed by atoms with Gasteiger partial charge in [0.15, 0.2) is 0 Å². The van der Waals surface area contributed by atoms with E-state index in [4.69, 9.17) is 9.47 Å². The van der Waals surface area contributed by atoms with Crippen LogP contribution in [-0.2, 0) is 14.3 Å². The Hall–Kier alpha value is -0.570. The van der Waals surface area contributed by atoms with Gasteiger partial charge in [0.05, 0.1) is 12.0 Å². The van der Waals surface area contributed by atoms with Crippen molar-refractivity contribution in [1.29, 1.82) is 0 Å². The maximum Gasteiger partial charge on any atom is 0.311 e. The SMILES string of the molecule is CC1(C(=O)OCC2CO2)CCCCC1. The van der Waals surface area contributed by atoms with E-state index < -0.39 is 0 Å². The summed E-state index contributed by atoms with van der Waals surface area (Å²) >= 11 is 0. The highest BCUT2D eigenvalue weighted by molar-refractivity contribution is 5.76. The highest BCUT2D eigenvalue weighted by Gasteiger charge is 2.37. The Kier molecular flexibility index (Phi) is 2.77. The molecule has 1 aliphatic carbocycles. The molecule has 0 spiro atoms. The first-order chi connectivity index (χ1) is 6.71. The Morgan fingerprint density at radius 3 is 2.64 bits per heavy atom. The lowest BCUT2D eigenvalue weighted by Gasteiger charge is -2.30. The minimum atomic E-state index is -0.215. The second kappa shape index (κ2) is 3.89. The smallest absolute Gasteiger partial charge is 0.311 e. The lowest BCUT2D eigenvalue weighted by atomic mass is 9.76. The van der Waals surface area contributed by atoms with Crippen LogP contribution in [0.25, 0.3) is 0 Å². The molecule has 0 radical (unpaired) electrons. The van der Waals surface area contributed by atoms with E-state index in [1.165, 1.54) is 6.42 Å². The van der Waals surface area contributed by atoms with Crippen molar-refractivity contribution in [3.8, 4) is 0 Å². The molecule has 0 aromatic rings. The van der Waals surface area contributed by atoms with Crippen molar-refractivity contribution in [3.05, 3.63) is 0 Å². The summed E-state index contributed by atoms with van der Waals surface area (Å²) in [6, 6.07) is 0. The van der Waals surface area contributed by atoms with Gasteiger partial charge in [0.2, 0.25) is 0 Å². The summed E-state index contributed by atoms with van der Waals surface area (Å²) in [5.41, 5.74) is -0.215. The minimum Gasteiger partial charge on any atom is -0.462 e. The fourth-order valence-electron chi connectivity index (χ4n) is 2.04. The molecule has 1 atom stereocenters. The van der Waals surface area contributed by atoms with E-state index in [9.17, 15) is 4.79 Å². The molecule has 0 bridgehead atoms. The Balaban J connectivity index is 1.80. The Bertz CT molecular complexity index is 215. The van der Waals surface area contributed by atoms with Crippen LogP contribution in [0.4, 0.5) is 0 Å². The van der Waals surface area contributed by atoms with Gasteiger partial charge < -0.3 is 9.47 Å². The molecule has 2 aliphatic rings. The molecular formula is C11H18O3. The summed E-state index contributed by atoms with van der Waals surface area (Å²) in [7, 11) is 0.